The van der Waals surface area contributed by atoms with Crippen LogP contribution in [0.5, 0.6) is 5.75 Å². The first kappa shape index (κ1) is 25.4. The number of hydrogen-bond acceptors (Lipinski definition) is 6. The van der Waals surface area contributed by atoms with E-state index in [0.29, 0.717) is 35.6 Å². The fourth-order valence-corrected chi connectivity index (χ4v) is 3.87. The number of esters is 1. The average molecular weight is 558 g/mol. The Hall–Kier alpha value is -1.88. The highest BCUT2D eigenvalue weighted by molar-refractivity contribution is 14.0. The lowest BCUT2D eigenvalue weighted by atomic mass is 10.2. The molecule has 1 aromatic heterocycles. The van der Waals surface area contributed by atoms with E-state index in [9.17, 15) is 4.79 Å². The molecule has 9 heteroatoms. The fourth-order valence-electron chi connectivity index (χ4n) is 2.91. The number of guanidine groups is 1. The van der Waals surface area contributed by atoms with Crippen molar-refractivity contribution in [3.8, 4) is 5.75 Å². The molecule has 1 saturated carbocycles. The molecule has 0 radical (unpaired) electrons. The van der Waals surface area contributed by atoms with E-state index in [1.54, 1.807) is 14.0 Å². The second kappa shape index (κ2) is 12.2. The number of rotatable bonds is 9. The number of carbonyl (C=O) groups is 1. The van der Waals surface area contributed by atoms with Crippen LogP contribution in [0.4, 0.5) is 0 Å². The van der Waals surface area contributed by atoms with Crippen molar-refractivity contribution in [3.63, 3.8) is 0 Å². The summed E-state index contributed by atoms with van der Waals surface area (Å²) in [5, 5.41) is 7.49. The zero-order valence-electron chi connectivity index (χ0n) is 18.4. The quantitative estimate of drug-likeness (QED) is 0.205. The second-order valence-corrected chi connectivity index (χ2v) is 8.37. The Bertz CT molecular complexity index is 899. The molecule has 1 aliphatic carbocycles. The number of hydrogen-bond donors (Lipinski definition) is 2. The smallest absolute Gasteiger partial charge is 0.350 e. The van der Waals surface area contributed by atoms with Crippen LogP contribution in [0.2, 0.25) is 0 Å². The van der Waals surface area contributed by atoms with Gasteiger partial charge in [0.2, 0.25) is 0 Å². The number of nitrogens with zero attached hydrogens (tertiary/aromatic N) is 2. The van der Waals surface area contributed by atoms with Crippen LogP contribution in [-0.2, 0) is 11.3 Å². The molecule has 1 fully saturated rings. The Labute approximate surface area is 205 Å². The van der Waals surface area contributed by atoms with Crippen molar-refractivity contribution in [2.45, 2.75) is 46.2 Å². The summed E-state index contributed by atoms with van der Waals surface area (Å²) in [6.07, 6.45) is 2.53. The van der Waals surface area contributed by atoms with Crippen molar-refractivity contribution in [1.82, 2.24) is 15.6 Å². The summed E-state index contributed by atoms with van der Waals surface area (Å²) in [6.45, 7) is 7.34. The summed E-state index contributed by atoms with van der Waals surface area (Å²) in [7, 11) is 1.73. The van der Waals surface area contributed by atoms with Crippen molar-refractivity contribution in [2.75, 3.05) is 20.3 Å². The monoisotopic (exact) mass is 558 g/mol. The van der Waals surface area contributed by atoms with E-state index in [-0.39, 0.29) is 36.0 Å². The molecular formula is C22H31IN4O3S. The number of benzene rings is 1. The van der Waals surface area contributed by atoms with E-state index in [1.807, 2.05) is 32.0 Å². The lowest BCUT2D eigenvalue weighted by Crippen LogP contribution is -2.38. The molecule has 31 heavy (non-hydrogen) atoms. The van der Waals surface area contributed by atoms with Crippen LogP contribution in [0.3, 0.4) is 0 Å². The molecule has 1 aliphatic rings. The van der Waals surface area contributed by atoms with Gasteiger partial charge < -0.3 is 20.1 Å². The van der Waals surface area contributed by atoms with E-state index in [0.717, 1.165) is 22.9 Å². The van der Waals surface area contributed by atoms with Crippen LogP contribution < -0.4 is 15.4 Å². The first-order valence-electron chi connectivity index (χ1n) is 10.3. The van der Waals surface area contributed by atoms with Crippen LogP contribution in [0.1, 0.15) is 58.7 Å². The van der Waals surface area contributed by atoms with Crippen molar-refractivity contribution < 1.29 is 14.3 Å². The number of carbonyl (C=O) groups excluding carboxylic acids is 1. The molecule has 0 aliphatic heterocycles. The van der Waals surface area contributed by atoms with Gasteiger partial charge in [-0.15, -0.1) is 35.3 Å². The normalized spacial score (nSPS) is 14.4. The predicted octanol–water partition coefficient (Wildman–Crippen LogP) is 4.46. The Kier molecular flexibility index (Phi) is 10.0. The molecule has 0 amide bonds. The zero-order chi connectivity index (χ0) is 21.5. The third-order valence-electron chi connectivity index (χ3n) is 4.81. The number of thiazole rings is 1. The third kappa shape index (κ3) is 7.34. The van der Waals surface area contributed by atoms with Crippen LogP contribution in [-0.4, -0.2) is 37.2 Å². The molecular weight excluding hydrogens is 527 g/mol. The van der Waals surface area contributed by atoms with Crippen LogP contribution >= 0.6 is 35.3 Å². The number of aryl methyl sites for hydroxylation is 1. The maximum Gasteiger partial charge on any atom is 0.350 e. The molecule has 7 nitrogen and oxygen atoms in total. The van der Waals surface area contributed by atoms with E-state index >= 15 is 0 Å². The third-order valence-corrected chi connectivity index (χ3v) is 6.13. The predicted molar refractivity (Wildman–Crippen MR) is 135 cm³/mol. The molecule has 0 bridgehead atoms. The summed E-state index contributed by atoms with van der Waals surface area (Å²) in [4.78, 5) is 21.4. The maximum absolute atomic E-state index is 12.1. The number of ether oxygens (including phenoxy) is 2. The van der Waals surface area contributed by atoms with Gasteiger partial charge in [-0.1, -0.05) is 18.2 Å². The van der Waals surface area contributed by atoms with E-state index in [2.05, 4.69) is 26.7 Å². The van der Waals surface area contributed by atoms with Crippen molar-refractivity contribution in [1.29, 1.82) is 0 Å². The summed E-state index contributed by atoms with van der Waals surface area (Å²) in [5.74, 6) is 1.96. The average Bonchev–Trinajstić information content (AvgIpc) is 3.49. The number of nitrogens with one attached hydrogen (secondary N) is 2. The molecule has 0 saturated heterocycles. The highest BCUT2D eigenvalue weighted by Gasteiger charge is 2.22. The Balaban J connectivity index is 0.00000341. The highest BCUT2D eigenvalue weighted by atomic mass is 127. The first-order chi connectivity index (χ1) is 14.5. The summed E-state index contributed by atoms with van der Waals surface area (Å²) in [6, 6.07) is 7.96. The molecule has 2 N–H and O–H groups in total. The summed E-state index contributed by atoms with van der Waals surface area (Å²) in [5.41, 5.74) is 1.77. The van der Waals surface area contributed by atoms with Crippen LogP contribution in [0.15, 0.2) is 29.3 Å². The van der Waals surface area contributed by atoms with Gasteiger partial charge in [0, 0.05) is 19.2 Å². The number of halogens is 1. The molecule has 0 spiro atoms. The molecule has 2 aromatic rings. The zero-order valence-corrected chi connectivity index (χ0v) is 21.6. The highest BCUT2D eigenvalue weighted by Crippen LogP contribution is 2.30. The molecule has 3 rings (SSSR count). The largest absolute Gasteiger partial charge is 0.493 e. The lowest BCUT2D eigenvalue weighted by molar-refractivity contribution is 0.0531. The first-order valence-corrected chi connectivity index (χ1v) is 11.2. The molecule has 1 heterocycles. The number of aliphatic imine (C=N–C) groups is 1. The van der Waals surface area contributed by atoms with Crippen molar-refractivity contribution in [3.05, 3.63) is 45.4 Å². The standard InChI is InChI=1S/C22H30N4O3S.HI/c1-5-28-21(27)19-14(2)25-20(30-19)15(3)26-22(23-4)24-12-17-8-6-7-9-18(17)29-13-16-10-11-16;/h6-9,15-16H,5,10-13H2,1-4H3,(H2,23,24,26);1H. The number of para-hydroxylation sites is 1. The Morgan fingerprint density at radius 2 is 2.10 bits per heavy atom. The Morgan fingerprint density at radius 3 is 2.77 bits per heavy atom. The van der Waals surface area contributed by atoms with Gasteiger partial charge in [-0.2, -0.15) is 0 Å². The minimum atomic E-state index is -0.323. The summed E-state index contributed by atoms with van der Waals surface area (Å²) < 4.78 is 11.1. The van der Waals surface area contributed by atoms with Gasteiger partial charge in [-0.05, 0) is 45.6 Å². The van der Waals surface area contributed by atoms with Crippen LogP contribution in [0.25, 0.3) is 0 Å². The molecule has 1 atom stereocenters. The van der Waals surface area contributed by atoms with E-state index in [1.165, 1.54) is 24.2 Å². The molecule has 1 unspecified atom stereocenters. The molecule has 1 aromatic carbocycles. The van der Waals surface area contributed by atoms with Crippen LogP contribution in [0, 0.1) is 12.8 Å². The van der Waals surface area contributed by atoms with Gasteiger partial charge >= 0.3 is 5.97 Å². The number of aromatic nitrogens is 1. The van der Waals surface area contributed by atoms with Crippen molar-refractivity contribution >= 4 is 47.2 Å². The Morgan fingerprint density at radius 1 is 1.35 bits per heavy atom. The van der Waals surface area contributed by atoms with Crippen molar-refractivity contribution in [2.24, 2.45) is 10.9 Å². The lowest BCUT2D eigenvalue weighted by Gasteiger charge is -2.17. The minimum absolute atomic E-state index is 0. The minimum Gasteiger partial charge on any atom is -0.493 e. The van der Waals surface area contributed by atoms with Gasteiger partial charge in [0.05, 0.1) is 24.9 Å². The van der Waals surface area contributed by atoms with Gasteiger partial charge in [0.25, 0.3) is 0 Å². The van der Waals surface area contributed by atoms with Gasteiger partial charge in [-0.3, -0.25) is 4.99 Å². The van der Waals surface area contributed by atoms with Gasteiger partial charge in [0.1, 0.15) is 15.6 Å². The SMILES string of the molecule is CCOC(=O)c1sc(C(C)NC(=NC)NCc2ccccc2OCC2CC2)nc1C.I. The maximum atomic E-state index is 12.1. The van der Waals surface area contributed by atoms with Gasteiger partial charge in [-0.25, -0.2) is 9.78 Å². The van der Waals surface area contributed by atoms with Gasteiger partial charge in [0.15, 0.2) is 5.96 Å². The second-order valence-electron chi connectivity index (χ2n) is 7.34. The summed E-state index contributed by atoms with van der Waals surface area (Å²) >= 11 is 1.35. The fraction of sp³-hybridized carbons (Fsp3) is 0.500. The van der Waals surface area contributed by atoms with E-state index < -0.39 is 0 Å². The van der Waals surface area contributed by atoms with E-state index in [4.69, 9.17) is 9.47 Å². The topological polar surface area (TPSA) is 84.8 Å². The molecule has 170 valence electrons.